The lowest BCUT2D eigenvalue weighted by atomic mass is 10.0. The van der Waals surface area contributed by atoms with Crippen LogP contribution in [-0.4, -0.2) is 16.9 Å². The quantitative estimate of drug-likeness (QED) is 0.820. The van der Waals surface area contributed by atoms with E-state index in [1.54, 1.807) is 0 Å². The average molecular weight is 289 g/mol. The van der Waals surface area contributed by atoms with Crippen molar-refractivity contribution in [3.63, 3.8) is 0 Å². The molecule has 0 spiro atoms. The van der Waals surface area contributed by atoms with Gasteiger partial charge in [-0.3, -0.25) is 15.2 Å². The fourth-order valence-electron chi connectivity index (χ4n) is 1.79. The van der Waals surface area contributed by atoms with E-state index in [2.05, 4.69) is 15.8 Å². The second-order valence-electron chi connectivity index (χ2n) is 4.78. The number of carbonyl (C=O) groups is 1. The van der Waals surface area contributed by atoms with E-state index in [9.17, 15) is 18.0 Å². The van der Waals surface area contributed by atoms with Gasteiger partial charge in [-0.2, -0.15) is 13.2 Å². The molecule has 0 bridgehead atoms. The van der Waals surface area contributed by atoms with Crippen molar-refractivity contribution in [3.05, 3.63) is 29.6 Å². The van der Waals surface area contributed by atoms with Crippen molar-refractivity contribution in [1.29, 1.82) is 0 Å². The summed E-state index contributed by atoms with van der Waals surface area (Å²) in [6, 6.07) is 0.777. The summed E-state index contributed by atoms with van der Waals surface area (Å²) in [5.74, 6) is -0.596. The van der Waals surface area contributed by atoms with Crippen LogP contribution in [-0.2, 0) is 6.18 Å². The molecule has 0 aliphatic carbocycles. The maximum atomic E-state index is 12.8. The summed E-state index contributed by atoms with van der Waals surface area (Å²) in [4.78, 5) is 15.4. The van der Waals surface area contributed by atoms with Crippen molar-refractivity contribution in [2.24, 2.45) is 5.92 Å². The number of rotatable bonds is 5. The topological polar surface area (TPSA) is 54.0 Å². The number of hydrogen-bond acceptors (Lipinski definition) is 3. The first kappa shape index (κ1) is 16.4. The van der Waals surface area contributed by atoms with E-state index in [-0.39, 0.29) is 12.0 Å². The van der Waals surface area contributed by atoms with Gasteiger partial charge in [0.05, 0.1) is 11.1 Å². The van der Waals surface area contributed by atoms with E-state index in [1.807, 2.05) is 20.8 Å². The Morgan fingerprint density at radius 3 is 2.55 bits per heavy atom. The van der Waals surface area contributed by atoms with E-state index in [0.29, 0.717) is 0 Å². The predicted molar refractivity (Wildman–Crippen MR) is 68.8 cm³/mol. The number of carbonyl (C=O) groups excluding carboxylic acids is 1. The molecule has 1 atom stereocenters. The molecule has 1 heterocycles. The van der Waals surface area contributed by atoms with Crippen LogP contribution >= 0.6 is 0 Å². The fraction of sp³-hybridized carbons (Fsp3) is 0.538. The third-order valence-electron chi connectivity index (χ3n) is 2.99. The molecule has 112 valence electrons. The molecule has 0 aliphatic rings. The van der Waals surface area contributed by atoms with Crippen molar-refractivity contribution >= 4 is 5.91 Å². The summed E-state index contributed by atoms with van der Waals surface area (Å²) >= 11 is 0. The summed E-state index contributed by atoms with van der Waals surface area (Å²) in [6.07, 6.45) is -1.92. The lowest BCUT2D eigenvalue weighted by Gasteiger charge is -2.21. The molecule has 4 nitrogen and oxygen atoms in total. The van der Waals surface area contributed by atoms with Crippen LogP contribution in [0.3, 0.4) is 0 Å². The largest absolute Gasteiger partial charge is 0.417 e. The minimum absolute atomic E-state index is 0.00930. The molecule has 0 aliphatic heterocycles. The van der Waals surface area contributed by atoms with Crippen LogP contribution in [0.25, 0.3) is 0 Å². The lowest BCUT2D eigenvalue weighted by Crippen LogP contribution is -2.46. The average Bonchev–Trinajstić information content (AvgIpc) is 2.37. The summed E-state index contributed by atoms with van der Waals surface area (Å²) in [7, 11) is 0. The maximum Gasteiger partial charge on any atom is 0.417 e. The van der Waals surface area contributed by atoms with Gasteiger partial charge in [0.1, 0.15) is 0 Å². The zero-order valence-corrected chi connectivity index (χ0v) is 11.6. The molecular weight excluding hydrogens is 271 g/mol. The highest BCUT2D eigenvalue weighted by Gasteiger charge is 2.35. The fourth-order valence-corrected chi connectivity index (χ4v) is 1.79. The molecule has 7 heteroatoms. The Morgan fingerprint density at radius 2 is 2.05 bits per heavy atom. The molecule has 2 N–H and O–H groups in total. The van der Waals surface area contributed by atoms with Gasteiger partial charge in [0, 0.05) is 18.4 Å². The van der Waals surface area contributed by atoms with Crippen molar-refractivity contribution in [3.8, 4) is 0 Å². The smallest absolute Gasteiger partial charge is 0.287 e. The normalized spacial score (nSPS) is 13.3. The van der Waals surface area contributed by atoms with E-state index in [4.69, 9.17) is 0 Å². The summed E-state index contributed by atoms with van der Waals surface area (Å²) in [6.45, 7) is 5.84. The van der Waals surface area contributed by atoms with Crippen LogP contribution in [0.1, 0.15) is 43.1 Å². The molecule has 1 aromatic rings. The van der Waals surface area contributed by atoms with Crippen molar-refractivity contribution in [2.75, 3.05) is 0 Å². The van der Waals surface area contributed by atoms with E-state index in [0.717, 1.165) is 24.9 Å². The molecule has 1 amide bonds. The van der Waals surface area contributed by atoms with Crippen LogP contribution < -0.4 is 10.9 Å². The third-order valence-corrected chi connectivity index (χ3v) is 2.99. The van der Waals surface area contributed by atoms with Gasteiger partial charge >= 0.3 is 6.18 Å². The Kier molecular flexibility index (Phi) is 5.50. The van der Waals surface area contributed by atoms with Gasteiger partial charge in [0.2, 0.25) is 0 Å². The minimum Gasteiger partial charge on any atom is -0.287 e. The number of aromatic nitrogens is 1. The van der Waals surface area contributed by atoms with Crippen LogP contribution in [0, 0.1) is 5.92 Å². The van der Waals surface area contributed by atoms with Gasteiger partial charge in [0.25, 0.3) is 5.91 Å². The first-order valence-corrected chi connectivity index (χ1v) is 6.34. The zero-order valence-electron chi connectivity index (χ0n) is 11.6. The van der Waals surface area contributed by atoms with Gasteiger partial charge < -0.3 is 0 Å². The summed E-state index contributed by atoms with van der Waals surface area (Å²) < 4.78 is 38.3. The second-order valence-corrected chi connectivity index (χ2v) is 4.78. The number of amides is 1. The highest BCUT2D eigenvalue weighted by atomic mass is 19.4. The SMILES string of the molecule is CCC(NNC(=O)c1cnccc1C(F)(F)F)C(C)C. The number of nitrogens with one attached hydrogen (secondary N) is 2. The predicted octanol–water partition coefficient (Wildman–Crippen LogP) is 2.77. The Labute approximate surface area is 115 Å². The van der Waals surface area contributed by atoms with Crippen LogP contribution in [0.4, 0.5) is 13.2 Å². The standard InChI is InChI=1S/C13H18F3N3O/c1-4-11(8(2)3)18-19-12(20)9-7-17-6-5-10(9)13(14,15)16/h5-8,11,18H,4H2,1-3H3,(H,19,20). The highest BCUT2D eigenvalue weighted by molar-refractivity contribution is 5.95. The minimum atomic E-state index is -4.59. The van der Waals surface area contributed by atoms with Gasteiger partial charge in [0.15, 0.2) is 0 Å². The Bertz CT molecular complexity index is 460. The molecule has 0 saturated carbocycles. The van der Waals surface area contributed by atoms with Gasteiger partial charge in [-0.1, -0.05) is 20.8 Å². The monoisotopic (exact) mass is 289 g/mol. The number of hydrogen-bond donors (Lipinski definition) is 2. The van der Waals surface area contributed by atoms with E-state index >= 15 is 0 Å². The molecule has 1 rings (SSSR count). The van der Waals surface area contributed by atoms with Crippen molar-refractivity contribution < 1.29 is 18.0 Å². The Morgan fingerprint density at radius 1 is 1.40 bits per heavy atom. The number of nitrogens with zero attached hydrogens (tertiary/aromatic N) is 1. The van der Waals surface area contributed by atoms with Gasteiger partial charge in [-0.25, -0.2) is 5.43 Å². The van der Waals surface area contributed by atoms with Crippen LogP contribution in [0.5, 0.6) is 0 Å². The van der Waals surface area contributed by atoms with Gasteiger partial charge in [-0.05, 0) is 18.4 Å². The Balaban J connectivity index is 2.83. The number of halogens is 3. The van der Waals surface area contributed by atoms with Crippen LogP contribution in [0.15, 0.2) is 18.5 Å². The van der Waals surface area contributed by atoms with Crippen molar-refractivity contribution in [1.82, 2.24) is 15.8 Å². The van der Waals surface area contributed by atoms with Crippen molar-refractivity contribution in [2.45, 2.75) is 39.4 Å². The first-order valence-electron chi connectivity index (χ1n) is 6.34. The number of pyridine rings is 1. The van der Waals surface area contributed by atoms with Gasteiger partial charge in [-0.15, -0.1) is 0 Å². The maximum absolute atomic E-state index is 12.8. The third kappa shape index (κ3) is 4.19. The second kappa shape index (κ2) is 6.69. The molecular formula is C13H18F3N3O. The van der Waals surface area contributed by atoms with E-state index < -0.39 is 23.2 Å². The number of alkyl halides is 3. The molecule has 0 aromatic carbocycles. The zero-order chi connectivity index (χ0) is 15.3. The number of hydrazine groups is 1. The Hall–Kier alpha value is -1.63. The summed E-state index contributed by atoms with van der Waals surface area (Å²) in [5, 5.41) is 0. The highest BCUT2D eigenvalue weighted by Crippen LogP contribution is 2.31. The first-order chi connectivity index (χ1) is 9.27. The molecule has 1 unspecified atom stereocenters. The molecule has 0 fully saturated rings. The summed E-state index contributed by atoms with van der Waals surface area (Å²) in [5.41, 5.74) is 3.58. The molecule has 0 saturated heterocycles. The van der Waals surface area contributed by atoms with E-state index in [1.165, 1.54) is 0 Å². The lowest BCUT2D eigenvalue weighted by molar-refractivity contribution is -0.138. The molecule has 20 heavy (non-hydrogen) atoms. The van der Waals surface area contributed by atoms with Crippen LogP contribution in [0.2, 0.25) is 0 Å². The molecule has 1 aromatic heterocycles. The molecule has 0 radical (unpaired) electrons.